The molecule has 0 aromatic heterocycles. The fourth-order valence-electron chi connectivity index (χ4n) is 2.14. The van der Waals surface area contributed by atoms with Crippen molar-refractivity contribution < 1.29 is 5.11 Å². The number of aliphatic hydroxyl groups excluding tert-OH is 1. The van der Waals surface area contributed by atoms with Crippen LogP contribution < -0.4 is 0 Å². The van der Waals surface area contributed by atoms with E-state index in [2.05, 4.69) is 30.6 Å². The van der Waals surface area contributed by atoms with Crippen LogP contribution in [-0.2, 0) is 0 Å². The fourth-order valence-corrected chi connectivity index (χ4v) is 2.14. The SMILES string of the molecule is CCCN1CCN(CC(C)(C)CO)CC1. The van der Waals surface area contributed by atoms with Gasteiger partial charge in [0.05, 0.1) is 0 Å². The summed E-state index contributed by atoms with van der Waals surface area (Å²) in [5.74, 6) is 0. The quantitative estimate of drug-likeness (QED) is 0.740. The number of nitrogens with zero attached hydrogens (tertiary/aromatic N) is 2. The largest absolute Gasteiger partial charge is 0.396 e. The predicted molar refractivity (Wildman–Crippen MR) is 64.0 cm³/mol. The van der Waals surface area contributed by atoms with E-state index < -0.39 is 0 Å². The van der Waals surface area contributed by atoms with Gasteiger partial charge in [0.2, 0.25) is 0 Å². The second kappa shape index (κ2) is 5.83. The lowest BCUT2D eigenvalue weighted by molar-refractivity contribution is 0.0663. The van der Waals surface area contributed by atoms with E-state index in [0.29, 0.717) is 0 Å². The third-order valence-electron chi connectivity index (χ3n) is 3.08. The molecule has 0 amide bonds. The molecular weight excluding hydrogens is 188 g/mol. The zero-order chi connectivity index (χ0) is 11.3. The molecule has 1 aliphatic heterocycles. The van der Waals surface area contributed by atoms with Gasteiger partial charge in [-0.1, -0.05) is 20.8 Å². The number of piperazine rings is 1. The van der Waals surface area contributed by atoms with Gasteiger partial charge in [0.25, 0.3) is 0 Å². The molecule has 1 saturated heterocycles. The molecule has 3 nitrogen and oxygen atoms in total. The maximum Gasteiger partial charge on any atom is 0.0494 e. The van der Waals surface area contributed by atoms with Crippen molar-refractivity contribution in [1.82, 2.24) is 9.80 Å². The van der Waals surface area contributed by atoms with Crippen LogP contribution in [0.5, 0.6) is 0 Å². The van der Waals surface area contributed by atoms with Gasteiger partial charge < -0.3 is 14.9 Å². The van der Waals surface area contributed by atoms with Gasteiger partial charge in [-0.25, -0.2) is 0 Å². The molecule has 0 saturated carbocycles. The molecule has 1 rings (SSSR count). The number of hydrogen-bond acceptors (Lipinski definition) is 3. The monoisotopic (exact) mass is 214 g/mol. The third-order valence-corrected chi connectivity index (χ3v) is 3.08. The fraction of sp³-hybridized carbons (Fsp3) is 1.00. The molecule has 0 atom stereocenters. The summed E-state index contributed by atoms with van der Waals surface area (Å²) in [5, 5.41) is 9.22. The summed E-state index contributed by atoms with van der Waals surface area (Å²) < 4.78 is 0. The molecule has 0 unspecified atom stereocenters. The van der Waals surface area contributed by atoms with Crippen molar-refractivity contribution in [3.63, 3.8) is 0 Å². The minimum Gasteiger partial charge on any atom is -0.396 e. The Bertz CT molecular complexity index is 174. The number of rotatable bonds is 5. The van der Waals surface area contributed by atoms with Gasteiger partial charge >= 0.3 is 0 Å². The smallest absolute Gasteiger partial charge is 0.0494 e. The maximum absolute atomic E-state index is 9.22. The lowest BCUT2D eigenvalue weighted by Gasteiger charge is -2.38. The second-order valence-corrected chi connectivity index (χ2v) is 5.44. The van der Waals surface area contributed by atoms with Gasteiger partial charge in [-0.2, -0.15) is 0 Å². The van der Waals surface area contributed by atoms with E-state index >= 15 is 0 Å². The first-order valence-electron chi connectivity index (χ1n) is 6.13. The average molecular weight is 214 g/mol. The van der Waals surface area contributed by atoms with Crippen molar-refractivity contribution in [2.45, 2.75) is 27.2 Å². The van der Waals surface area contributed by atoms with Crippen LogP contribution in [0.15, 0.2) is 0 Å². The summed E-state index contributed by atoms with van der Waals surface area (Å²) in [6.07, 6.45) is 1.25. The van der Waals surface area contributed by atoms with Crippen LogP contribution in [0, 0.1) is 5.41 Å². The highest BCUT2D eigenvalue weighted by atomic mass is 16.3. The first-order chi connectivity index (χ1) is 7.07. The van der Waals surface area contributed by atoms with Gasteiger partial charge in [0.15, 0.2) is 0 Å². The highest BCUT2D eigenvalue weighted by molar-refractivity contribution is 4.77. The maximum atomic E-state index is 9.22. The molecule has 0 spiro atoms. The van der Waals surface area contributed by atoms with E-state index in [-0.39, 0.29) is 12.0 Å². The van der Waals surface area contributed by atoms with Crippen molar-refractivity contribution in [2.24, 2.45) is 5.41 Å². The highest BCUT2D eigenvalue weighted by Gasteiger charge is 2.23. The van der Waals surface area contributed by atoms with Gasteiger partial charge in [-0.3, -0.25) is 0 Å². The Morgan fingerprint density at radius 2 is 1.60 bits per heavy atom. The van der Waals surface area contributed by atoms with Crippen molar-refractivity contribution in [2.75, 3.05) is 45.9 Å². The summed E-state index contributed by atoms with van der Waals surface area (Å²) in [4.78, 5) is 5.00. The van der Waals surface area contributed by atoms with E-state index in [1.54, 1.807) is 0 Å². The summed E-state index contributed by atoms with van der Waals surface area (Å²) in [6, 6.07) is 0. The second-order valence-electron chi connectivity index (χ2n) is 5.44. The van der Waals surface area contributed by atoms with Gasteiger partial charge in [0.1, 0.15) is 0 Å². The van der Waals surface area contributed by atoms with Gasteiger partial charge in [0, 0.05) is 44.7 Å². The van der Waals surface area contributed by atoms with Crippen LogP contribution in [0.1, 0.15) is 27.2 Å². The summed E-state index contributed by atoms with van der Waals surface area (Å²) in [6.45, 7) is 13.7. The van der Waals surface area contributed by atoms with Crippen LogP contribution in [0.4, 0.5) is 0 Å². The van der Waals surface area contributed by atoms with Crippen LogP contribution in [0.25, 0.3) is 0 Å². The highest BCUT2D eigenvalue weighted by Crippen LogP contribution is 2.16. The minimum absolute atomic E-state index is 0.0485. The van der Waals surface area contributed by atoms with E-state index in [1.165, 1.54) is 26.1 Å². The molecule has 1 aliphatic rings. The Balaban J connectivity index is 2.25. The molecule has 1 fully saturated rings. The van der Waals surface area contributed by atoms with E-state index in [4.69, 9.17) is 0 Å². The standard InChI is InChI=1S/C12H26N2O/c1-4-5-13-6-8-14(9-7-13)10-12(2,3)11-15/h15H,4-11H2,1-3H3. The Labute approximate surface area is 94.1 Å². The Kier molecular flexibility index (Phi) is 5.03. The first kappa shape index (κ1) is 12.9. The molecule has 3 heteroatoms. The molecule has 0 aromatic rings. The van der Waals surface area contributed by atoms with Crippen molar-refractivity contribution in [3.8, 4) is 0 Å². The van der Waals surface area contributed by atoms with Crippen LogP contribution in [-0.4, -0.2) is 60.8 Å². The Morgan fingerprint density at radius 3 is 2.07 bits per heavy atom. The molecule has 1 heterocycles. The molecule has 0 bridgehead atoms. The van der Waals surface area contributed by atoms with Crippen LogP contribution in [0.3, 0.4) is 0 Å². The molecule has 15 heavy (non-hydrogen) atoms. The average Bonchev–Trinajstić information content (AvgIpc) is 2.21. The third kappa shape index (κ3) is 4.49. The van der Waals surface area contributed by atoms with Crippen molar-refractivity contribution >= 4 is 0 Å². The number of hydrogen-bond donors (Lipinski definition) is 1. The zero-order valence-electron chi connectivity index (χ0n) is 10.5. The zero-order valence-corrected chi connectivity index (χ0v) is 10.5. The normalized spacial score (nSPS) is 20.8. The predicted octanol–water partition coefficient (Wildman–Crippen LogP) is 1.03. The van der Waals surface area contributed by atoms with E-state index in [9.17, 15) is 5.11 Å². The topological polar surface area (TPSA) is 26.7 Å². The van der Waals surface area contributed by atoms with Crippen molar-refractivity contribution in [1.29, 1.82) is 0 Å². The molecule has 0 aromatic carbocycles. The Morgan fingerprint density at radius 1 is 1.07 bits per heavy atom. The summed E-state index contributed by atoms with van der Waals surface area (Å²) in [7, 11) is 0. The lowest BCUT2D eigenvalue weighted by Crippen LogP contribution is -2.49. The number of aliphatic hydroxyl groups is 1. The molecule has 90 valence electrons. The molecular formula is C12H26N2O. The van der Waals surface area contributed by atoms with Gasteiger partial charge in [-0.05, 0) is 13.0 Å². The molecule has 0 aliphatic carbocycles. The molecule has 1 N–H and O–H groups in total. The molecule has 0 radical (unpaired) electrons. The summed E-state index contributed by atoms with van der Waals surface area (Å²) in [5.41, 5.74) is 0.0485. The van der Waals surface area contributed by atoms with E-state index in [1.807, 2.05) is 0 Å². The van der Waals surface area contributed by atoms with E-state index in [0.717, 1.165) is 19.6 Å². The van der Waals surface area contributed by atoms with Crippen LogP contribution >= 0.6 is 0 Å². The van der Waals surface area contributed by atoms with Crippen LogP contribution in [0.2, 0.25) is 0 Å². The lowest BCUT2D eigenvalue weighted by atomic mass is 9.94. The minimum atomic E-state index is 0.0485. The van der Waals surface area contributed by atoms with Crippen molar-refractivity contribution in [3.05, 3.63) is 0 Å². The first-order valence-corrected chi connectivity index (χ1v) is 6.13. The summed E-state index contributed by atoms with van der Waals surface area (Å²) >= 11 is 0. The van der Waals surface area contributed by atoms with Gasteiger partial charge in [-0.15, -0.1) is 0 Å². The Hall–Kier alpha value is -0.120.